The standard InChI is InChI=1S/C9H12BrNO2/c10-4-3-9(12)11-6-8-2-1-5-13-7-8/h8H,1-2,5-7H2,(H,11,12). The van der Waals surface area contributed by atoms with Crippen LogP contribution in [0.15, 0.2) is 0 Å². The second kappa shape index (κ2) is 6.01. The smallest absolute Gasteiger partial charge is 0.296 e. The molecule has 3 nitrogen and oxygen atoms in total. The highest BCUT2D eigenvalue weighted by molar-refractivity contribution is 9.12. The molecular weight excluding hydrogens is 234 g/mol. The molecule has 1 unspecified atom stereocenters. The monoisotopic (exact) mass is 245 g/mol. The fraction of sp³-hybridized carbons (Fsp3) is 0.667. The maximum atomic E-state index is 10.9. The van der Waals surface area contributed by atoms with Gasteiger partial charge in [-0.1, -0.05) is 0 Å². The van der Waals surface area contributed by atoms with Crippen molar-refractivity contribution in [3.63, 3.8) is 0 Å². The highest BCUT2D eigenvalue weighted by Crippen LogP contribution is 2.11. The molecule has 1 aliphatic rings. The molecule has 0 aromatic rings. The van der Waals surface area contributed by atoms with Gasteiger partial charge >= 0.3 is 0 Å². The van der Waals surface area contributed by atoms with E-state index < -0.39 is 0 Å². The molecule has 0 aliphatic carbocycles. The number of hydrogen-bond acceptors (Lipinski definition) is 2. The van der Waals surface area contributed by atoms with Gasteiger partial charge in [-0.25, -0.2) is 0 Å². The van der Waals surface area contributed by atoms with Crippen molar-refractivity contribution in [1.82, 2.24) is 5.32 Å². The van der Waals surface area contributed by atoms with Gasteiger partial charge in [-0.05, 0) is 23.6 Å². The number of nitrogens with one attached hydrogen (secondary N) is 1. The second-order valence-corrected chi connectivity index (χ2v) is 3.41. The molecule has 0 saturated carbocycles. The molecule has 1 rings (SSSR count). The quantitative estimate of drug-likeness (QED) is 0.734. The number of halogens is 1. The van der Waals surface area contributed by atoms with Crippen molar-refractivity contribution in [2.45, 2.75) is 12.8 Å². The third-order valence-electron chi connectivity index (χ3n) is 1.97. The van der Waals surface area contributed by atoms with E-state index in [0.29, 0.717) is 12.5 Å². The van der Waals surface area contributed by atoms with Gasteiger partial charge < -0.3 is 10.1 Å². The lowest BCUT2D eigenvalue weighted by atomic mass is 10.0. The molecular formula is C9H12BrNO2. The minimum Gasteiger partial charge on any atom is -0.381 e. The number of carbonyl (C=O) groups is 1. The molecule has 1 atom stereocenters. The molecule has 13 heavy (non-hydrogen) atoms. The molecule has 1 aliphatic heterocycles. The summed E-state index contributed by atoms with van der Waals surface area (Å²) in [4.78, 5) is 13.3. The molecule has 1 fully saturated rings. The molecule has 1 saturated heterocycles. The number of ether oxygens (including phenoxy) is 1. The van der Waals surface area contributed by atoms with E-state index in [2.05, 4.69) is 32.0 Å². The summed E-state index contributed by atoms with van der Waals surface area (Å²) in [7, 11) is 0. The Labute approximate surface area is 86.3 Å². The van der Waals surface area contributed by atoms with E-state index in [1.54, 1.807) is 0 Å². The van der Waals surface area contributed by atoms with Crippen molar-refractivity contribution in [3.05, 3.63) is 0 Å². The average molecular weight is 246 g/mol. The van der Waals surface area contributed by atoms with Crippen molar-refractivity contribution in [1.29, 1.82) is 0 Å². The Hall–Kier alpha value is -0.530. The van der Waals surface area contributed by atoms with Crippen LogP contribution in [-0.2, 0) is 9.53 Å². The topological polar surface area (TPSA) is 38.3 Å². The van der Waals surface area contributed by atoms with Crippen LogP contribution in [0.2, 0.25) is 0 Å². The second-order valence-electron chi connectivity index (χ2n) is 3.01. The predicted molar refractivity (Wildman–Crippen MR) is 53.3 cm³/mol. The van der Waals surface area contributed by atoms with Crippen molar-refractivity contribution in [3.8, 4) is 10.8 Å². The highest BCUT2D eigenvalue weighted by atomic mass is 79.9. The van der Waals surface area contributed by atoms with Gasteiger partial charge in [0.15, 0.2) is 0 Å². The SMILES string of the molecule is O=C(C#CBr)NCC1CCCOC1. The van der Waals surface area contributed by atoms with Crippen LogP contribution in [0.25, 0.3) is 0 Å². The van der Waals surface area contributed by atoms with Gasteiger partial charge in [0.25, 0.3) is 5.91 Å². The third-order valence-corrected chi connectivity index (χ3v) is 2.16. The van der Waals surface area contributed by atoms with Gasteiger partial charge in [0.2, 0.25) is 0 Å². The summed E-state index contributed by atoms with van der Waals surface area (Å²) >= 11 is 2.87. The van der Waals surface area contributed by atoms with Crippen LogP contribution in [0.1, 0.15) is 12.8 Å². The molecule has 4 heteroatoms. The van der Waals surface area contributed by atoms with Gasteiger partial charge in [-0.15, -0.1) is 0 Å². The lowest BCUT2D eigenvalue weighted by Gasteiger charge is -2.21. The summed E-state index contributed by atoms with van der Waals surface area (Å²) in [5.74, 6) is 2.58. The lowest BCUT2D eigenvalue weighted by molar-refractivity contribution is -0.116. The maximum absolute atomic E-state index is 10.9. The molecule has 0 aromatic carbocycles. The zero-order valence-corrected chi connectivity index (χ0v) is 8.89. The number of hydrogen-bond donors (Lipinski definition) is 1. The summed E-state index contributed by atoms with van der Waals surface area (Å²) in [6.07, 6.45) is 2.21. The van der Waals surface area contributed by atoms with Crippen molar-refractivity contribution < 1.29 is 9.53 Å². The Bertz CT molecular complexity index is 226. The Morgan fingerprint density at radius 3 is 3.15 bits per heavy atom. The normalized spacial score (nSPS) is 21.5. The van der Waals surface area contributed by atoms with Crippen LogP contribution in [0.4, 0.5) is 0 Å². The molecule has 1 amide bonds. The van der Waals surface area contributed by atoms with Crippen LogP contribution in [-0.4, -0.2) is 25.7 Å². The van der Waals surface area contributed by atoms with Crippen LogP contribution in [0, 0.1) is 16.7 Å². The summed E-state index contributed by atoms with van der Waals surface area (Å²) < 4.78 is 5.28. The van der Waals surface area contributed by atoms with Gasteiger partial charge in [-0.3, -0.25) is 4.79 Å². The molecule has 1 N–H and O–H groups in total. The van der Waals surface area contributed by atoms with E-state index in [1.807, 2.05) is 0 Å². The van der Waals surface area contributed by atoms with Gasteiger partial charge in [0.1, 0.15) is 0 Å². The Morgan fingerprint density at radius 1 is 1.69 bits per heavy atom. The molecule has 0 radical (unpaired) electrons. The van der Waals surface area contributed by atoms with Gasteiger partial charge in [-0.2, -0.15) is 0 Å². The molecule has 0 bridgehead atoms. The van der Waals surface area contributed by atoms with Gasteiger partial charge in [0.05, 0.1) is 6.61 Å². The molecule has 72 valence electrons. The van der Waals surface area contributed by atoms with Gasteiger partial charge in [0, 0.05) is 35.0 Å². The van der Waals surface area contributed by atoms with Crippen molar-refractivity contribution in [2.24, 2.45) is 5.92 Å². The fourth-order valence-electron chi connectivity index (χ4n) is 1.29. The fourth-order valence-corrected chi connectivity index (χ4v) is 1.47. The average Bonchev–Trinajstić information content (AvgIpc) is 2.17. The number of rotatable bonds is 2. The number of carbonyl (C=O) groups excluding carboxylic acids is 1. The summed E-state index contributed by atoms with van der Waals surface area (Å²) in [5.41, 5.74) is 0. The largest absolute Gasteiger partial charge is 0.381 e. The van der Waals surface area contributed by atoms with Crippen LogP contribution < -0.4 is 5.32 Å². The third kappa shape index (κ3) is 4.30. The van der Waals surface area contributed by atoms with E-state index in [0.717, 1.165) is 26.1 Å². The first-order chi connectivity index (χ1) is 6.33. The lowest BCUT2D eigenvalue weighted by Crippen LogP contribution is -2.32. The Kier molecular flexibility index (Phi) is 4.87. The Morgan fingerprint density at radius 2 is 2.54 bits per heavy atom. The zero-order valence-electron chi connectivity index (χ0n) is 7.31. The minimum atomic E-state index is -0.234. The first kappa shape index (κ1) is 10.6. The molecule has 1 heterocycles. The van der Waals surface area contributed by atoms with Crippen LogP contribution in [0.3, 0.4) is 0 Å². The summed E-state index contributed by atoms with van der Waals surface area (Å²) in [5, 5.41) is 2.73. The van der Waals surface area contributed by atoms with Crippen molar-refractivity contribution >= 4 is 21.8 Å². The Balaban J connectivity index is 2.16. The maximum Gasteiger partial charge on any atom is 0.296 e. The summed E-state index contributed by atoms with van der Waals surface area (Å²) in [6.45, 7) is 2.27. The van der Waals surface area contributed by atoms with Crippen LogP contribution in [0.5, 0.6) is 0 Å². The highest BCUT2D eigenvalue weighted by Gasteiger charge is 2.13. The predicted octanol–water partition coefficient (Wildman–Crippen LogP) is 0.885. The first-order valence-electron chi connectivity index (χ1n) is 4.30. The van der Waals surface area contributed by atoms with E-state index in [4.69, 9.17) is 4.74 Å². The number of amides is 1. The molecule has 0 spiro atoms. The first-order valence-corrected chi connectivity index (χ1v) is 5.09. The van der Waals surface area contributed by atoms with E-state index in [9.17, 15) is 4.79 Å². The summed E-state index contributed by atoms with van der Waals surface area (Å²) in [6, 6.07) is 0. The van der Waals surface area contributed by atoms with Crippen LogP contribution >= 0.6 is 15.9 Å². The minimum absolute atomic E-state index is 0.234. The van der Waals surface area contributed by atoms with E-state index >= 15 is 0 Å². The zero-order chi connectivity index (χ0) is 9.52. The van der Waals surface area contributed by atoms with E-state index in [1.165, 1.54) is 0 Å². The van der Waals surface area contributed by atoms with Crippen molar-refractivity contribution in [2.75, 3.05) is 19.8 Å². The van der Waals surface area contributed by atoms with E-state index in [-0.39, 0.29) is 5.91 Å². The molecule has 0 aromatic heterocycles.